The molecule has 0 saturated heterocycles. The molecule has 2 aromatic rings. The summed E-state index contributed by atoms with van der Waals surface area (Å²) in [5.74, 6) is -0.147. The van der Waals surface area contributed by atoms with Gasteiger partial charge in [0.25, 0.3) is 0 Å². The molecule has 0 fully saturated rings. The van der Waals surface area contributed by atoms with Gasteiger partial charge in [-0.2, -0.15) is 0 Å². The number of ether oxygens (including phenoxy) is 1. The average molecular weight is 361 g/mol. The van der Waals surface area contributed by atoms with Crippen molar-refractivity contribution in [1.82, 2.24) is 4.98 Å². The van der Waals surface area contributed by atoms with Crippen molar-refractivity contribution in [3.8, 4) is 0 Å². The third kappa shape index (κ3) is 4.57. The van der Waals surface area contributed by atoms with Crippen LogP contribution in [0.3, 0.4) is 0 Å². The molecular weight excluding hydrogens is 342 g/mol. The SMILES string of the molecule is COCCNc1cc(N(Cc2ccccc2)C(=O)O)c([N+](=O)[O-])c(N)n1. The van der Waals surface area contributed by atoms with Crippen molar-refractivity contribution >= 4 is 29.1 Å². The quantitative estimate of drug-likeness (QED) is 0.369. The number of rotatable bonds is 8. The fourth-order valence-corrected chi connectivity index (χ4v) is 2.33. The Hall–Kier alpha value is -3.40. The molecule has 10 nitrogen and oxygen atoms in total. The second kappa shape index (κ2) is 8.62. The summed E-state index contributed by atoms with van der Waals surface area (Å²) >= 11 is 0. The highest BCUT2D eigenvalue weighted by Gasteiger charge is 2.29. The summed E-state index contributed by atoms with van der Waals surface area (Å²) < 4.78 is 4.92. The standard InChI is InChI=1S/C16H19N5O5/c1-26-8-7-18-13-9-12(14(21(24)25)15(17)19-13)20(16(22)23)10-11-5-3-2-4-6-11/h2-6,9H,7-8,10H2,1H3,(H,22,23)(H3,17,18,19). The van der Waals surface area contributed by atoms with Crippen LogP contribution in [0.1, 0.15) is 5.56 Å². The number of pyridine rings is 1. The number of hydrogen-bond acceptors (Lipinski definition) is 7. The smallest absolute Gasteiger partial charge is 0.412 e. The maximum atomic E-state index is 11.8. The Kier molecular flexibility index (Phi) is 6.28. The van der Waals surface area contributed by atoms with E-state index in [1.807, 2.05) is 0 Å². The number of nitro groups is 1. The van der Waals surface area contributed by atoms with Crippen LogP contribution in [0, 0.1) is 10.1 Å². The van der Waals surface area contributed by atoms with Crippen molar-refractivity contribution in [2.45, 2.75) is 6.54 Å². The van der Waals surface area contributed by atoms with Gasteiger partial charge in [-0.3, -0.25) is 15.0 Å². The predicted molar refractivity (Wildman–Crippen MR) is 96.3 cm³/mol. The average Bonchev–Trinajstić information content (AvgIpc) is 2.59. The van der Waals surface area contributed by atoms with Crippen molar-refractivity contribution in [2.24, 2.45) is 0 Å². The van der Waals surface area contributed by atoms with Crippen LogP contribution < -0.4 is 16.0 Å². The molecule has 4 N–H and O–H groups in total. The van der Waals surface area contributed by atoms with Crippen LogP contribution in [0.2, 0.25) is 0 Å². The maximum Gasteiger partial charge on any atom is 0.412 e. The van der Waals surface area contributed by atoms with Gasteiger partial charge in [0.15, 0.2) is 0 Å². The van der Waals surface area contributed by atoms with Crippen LogP contribution in [-0.4, -0.2) is 41.4 Å². The number of aromatic nitrogens is 1. The number of nitrogens with zero attached hydrogens (tertiary/aromatic N) is 3. The lowest BCUT2D eigenvalue weighted by molar-refractivity contribution is -0.383. The minimum absolute atomic E-state index is 0.0715. The molecule has 0 spiro atoms. The van der Waals surface area contributed by atoms with Gasteiger partial charge in [0, 0.05) is 19.7 Å². The van der Waals surface area contributed by atoms with Crippen LogP contribution in [0.25, 0.3) is 0 Å². The van der Waals surface area contributed by atoms with E-state index in [-0.39, 0.29) is 23.9 Å². The molecule has 138 valence electrons. The minimum Gasteiger partial charge on any atom is -0.465 e. The Morgan fingerprint density at radius 3 is 2.69 bits per heavy atom. The van der Waals surface area contributed by atoms with Gasteiger partial charge in [0.05, 0.1) is 18.1 Å². The Balaban J connectivity index is 2.46. The molecule has 0 aliphatic heterocycles. The number of nitrogen functional groups attached to an aromatic ring is 1. The van der Waals surface area contributed by atoms with Gasteiger partial charge in [0.1, 0.15) is 11.5 Å². The summed E-state index contributed by atoms with van der Waals surface area (Å²) in [6, 6.07) is 10.0. The van der Waals surface area contributed by atoms with Crippen molar-refractivity contribution in [3.05, 3.63) is 52.1 Å². The van der Waals surface area contributed by atoms with Crippen molar-refractivity contribution in [2.75, 3.05) is 36.2 Å². The van der Waals surface area contributed by atoms with Crippen LogP contribution in [0.4, 0.5) is 27.8 Å². The van der Waals surface area contributed by atoms with Crippen molar-refractivity contribution in [1.29, 1.82) is 0 Å². The Bertz CT molecular complexity index is 784. The molecule has 0 aliphatic rings. The van der Waals surface area contributed by atoms with Gasteiger partial charge < -0.3 is 20.9 Å². The number of carboxylic acid groups (broad SMARTS) is 1. The first kappa shape index (κ1) is 18.9. The molecule has 26 heavy (non-hydrogen) atoms. The first-order valence-electron chi connectivity index (χ1n) is 7.66. The molecule has 0 aliphatic carbocycles. The molecule has 1 amide bonds. The van der Waals surface area contributed by atoms with Crippen LogP contribution in [0.5, 0.6) is 0 Å². The van der Waals surface area contributed by atoms with E-state index in [1.165, 1.54) is 13.2 Å². The zero-order valence-electron chi connectivity index (χ0n) is 14.1. The van der Waals surface area contributed by atoms with Crippen LogP contribution in [0.15, 0.2) is 36.4 Å². The van der Waals surface area contributed by atoms with Gasteiger partial charge in [-0.1, -0.05) is 30.3 Å². The lowest BCUT2D eigenvalue weighted by Crippen LogP contribution is -2.29. The zero-order chi connectivity index (χ0) is 19.1. The summed E-state index contributed by atoms with van der Waals surface area (Å²) in [5, 5.41) is 23.9. The first-order valence-corrected chi connectivity index (χ1v) is 7.66. The molecule has 0 bridgehead atoms. The number of anilines is 3. The van der Waals surface area contributed by atoms with E-state index in [0.29, 0.717) is 18.7 Å². The highest BCUT2D eigenvalue weighted by atomic mass is 16.6. The molecule has 0 unspecified atom stereocenters. The minimum atomic E-state index is -1.34. The third-order valence-electron chi connectivity index (χ3n) is 3.50. The summed E-state index contributed by atoms with van der Waals surface area (Å²) in [6.07, 6.45) is -1.34. The van der Waals surface area contributed by atoms with Gasteiger partial charge in [-0.05, 0) is 5.56 Å². The molecule has 10 heteroatoms. The number of benzene rings is 1. The van der Waals surface area contributed by atoms with E-state index in [2.05, 4.69) is 10.3 Å². The molecule has 0 saturated carbocycles. The Morgan fingerprint density at radius 2 is 2.12 bits per heavy atom. The van der Waals surface area contributed by atoms with E-state index < -0.39 is 16.7 Å². The van der Waals surface area contributed by atoms with Crippen LogP contribution >= 0.6 is 0 Å². The largest absolute Gasteiger partial charge is 0.465 e. The molecule has 0 radical (unpaired) electrons. The third-order valence-corrected chi connectivity index (χ3v) is 3.50. The van der Waals surface area contributed by atoms with E-state index in [1.54, 1.807) is 30.3 Å². The summed E-state index contributed by atoms with van der Waals surface area (Å²) in [7, 11) is 1.52. The van der Waals surface area contributed by atoms with Crippen LogP contribution in [-0.2, 0) is 11.3 Å². The normalized spacial score (nSPS) is 10.3. The number of hydrogen-bond donors (Lipinski definition) is 3. The molecule has 1 aromatic heterocycles. The second-order valence-electron chi connectivity index (χ2n) is 5.29. The van der Waals surface area contributed by atoms with Gasteiger partial charge in [0.2, 0.25) is 5.82 Å². The predicted octanol–water partition coefficient (Wildman–Crippen LogP) is 2.31. The Labute approximate surface area is 149 Å². The molecule has 2 rings (SSSR count). The Morgan fingerprint density at radius 1 is 1.42 bits per heavy atom. The van der Waals surface area contributed by atoms with E-state index in [0.717, 1.165) is 4.90 Å². The molecular formula is C16H19N5O5. The molecule has 1 heterocycles. The number of amides is 1. The highest BCUT2D eigenvalue weighted by Crippen LogP contribution is 2.35. The van der Waals surface area contributed by atoms with E-state index >= 15 is 0 Å². The summed E-state index contributed by atoms with van der Waals surface area (Å²) in [4.78, 5) is 27.2. The second-order valence-corrected chi connectivity index (χ2v) is 5.29. The van der Waals surface area contributed by atoms with E-state index in [4.69, 9.17) is 10.5 Å². The summed E-state index contributed by atoms with van der Waals surface area (Å²) in [5.41, 5.74) is 5.68. The first-order chi connectivity index (χ1) is 12.4. The van der Waals surface area contributed by atoms with Gasteiger partial charge in [-0.25, -0.2) is 9.78 Å². The van der Waals surface area contributed by atoms with Crippen molar-refractivity contribution < 1.29 is 19.6 Å². The fourth-order valence-electron chi connectivity index (χ4n) is 2.33. The number of carbonyl (C=O) groups is 1. The number of nitrogens with one attached hydrogen (secondary N) is 1. The molecule has 0 atom stereocenters. The molecule has 1 aromatic carbocycles. The maximum absolute atomic E-state index is 11.8. The lowest BCUT2D eigenvalue weighted by Gasteiger charge is -2.20. The summed E-state index contributed by atoms with van der Waals surface area (Å²) in [6.45, 7) is 0.685. The van der Waals surface area contributed by atoms with E-state index in [9.17, 15) is 20.0 Å². The number of nitrogens with two attached hydrogens (primary N) is 1. The fraction of sp³-hybridized carbons (Fsp3) is 0.250. The van der Waals surface area contributed by atoms with Crippen molar-refractivity contribution in [3.63, 3.8) is 0 Å². The van der Waals surface area contributed by atoms with Gasteiger partial charge >= 0.3 is 11.8 Å². The lowest BCUT2D eigenvalue weighted by atomic mass is 10.2. The number of methoxy groups -OCH3 is 1. The topological polar surface area (TPSA) is 144 Å². The zero-order valence-corrected chi connectivity index (χ0v) is 14.1. The highest BCUT2D eigenvalue weighted by molar-refractivity contribution is 5.92. The van der Waals surface area contributed by atoms with Gasteiger partial charge in [-0.15, -0.1) is 0 Å². The monoisotopic (exact) mass is 361 g/mol.